The molecule has 0 saturated carbocycles. The van der Waals surface area contributed by atoms with Gasteiger partial charge in [0.1, 0.15) is 0 Å². The minimum Gasteiger partial charge on any atom is -0.479 e. The highest BCUT2D eigenvalue weighted by molar-refractivity contribution is 8.06. The second-order valence-corrected chi connectivity index (χ2v) is 5.91. The molecule has 0 aromatic carbocycles. The van der Waals surface area contributed by atoms with E-state index in [1.54, 1.807) is 6.08 Å². The number of aliphatic carboxylic acids is 1. The summed E-state index contributed by atoms with van der Waals surface area (Å²) in [5, 5.41) is 11.4. The summed E-state index contributed by atoms with van der Waals surface area (Å²) in [5.74, 6) is -1.35. The maximum Gasteiger partial charge on any atom is 0.331 e. The van der Waals surface area contributed by atoms with E-state index in [2.05, 4.69) is 5.32 Å². The number of hydrogen-bond acceptors (Lipinski definition) is 4. The summed E-state index contributed by atoms with van der Waals surface area (Å²) in [5.41, 5.74) is -1.27. The van der Waals surface area contributed by atoms with Crippen molar-refractivity contribution < 1.29 is 19.4 Å². The first kappa shape index (κ1) is 12.7. The Bertz CT molecular complexity index is 379. The predicted molar refractivity (Wildman–Crippen MR) is 63.9 cm³/mol. The maximum absolute atomic E-state index is 11.9. The molecule has 0 radical (unpaired) electrons. The van der Waals surface area contributed by atoms with Gasteiger partial charge < -0.3 is 15.2 Å². The third-order valence-corrected chi connectivity index (χ3v) is 4.34. The zero-order valence-corrected chi connectivity index (χ0v) is 10.5. The molecular formula is C10H12ClNO4S. The third kappa shape index (κ3) is 2.59. The Morgan fingerprint density at radius 2 is 2.41 bits per heavy atom. The lowest BCUT2D eigenvalue weighted by atomic mass is 9.98. The number of carbonyl (C=O) groups is 2. The van der Waals surface area contributed by atoms with E-state index < -0.39 is 11.5 Å². The average molecular weight is 278 g/mol. The van der Waals surface area contributed by atoms with Crippen molar-refractivity contribution in [3.63, 3.8) is 0 Å². The smallest absolute Gasteiger partial charge is 0.331 e. The molecule has 7 heteroatoms. The summed E-state index contributed by atoms with van der Waals surface area (Å²) in [6, 6.07) is 0. The van der Waals surface area contributed by atoms with Crippen LogP contribution in [0.15, 0.2) is 10.4 Å². The highest BCUT2D eigenvalue weighted by Crippen LogP contribution is 2.35. The molecule has 2 aliphatic heterocycles. The van der Waals surface area contributed by atoms with E-state index in [0.717, 1.165) is 0 Å². The van der Waals surface area contributed by atoms with Crippen molar-refractivity contribution in [1.29, 1.82) is 0 Å². The molecule has 0 aromatic heterocycles. The number of carboxylic acid groups (broad SMARTS) is 1. The second kappa shape index (κ2) is 4.88. The first-order valence-corrected chi connectivity index (χ1v) is 6.45. The Kier molecular flexibility index (Phi) is 3.65. The van der Waals surface area contributed by atoms with E-state index in [0.29, 0.717) is 23.8 Å². The first-order chi connectivity index (χ1) is 8.03. The highest BCUT2D eigenvalue weighted by Gasteiger charge is 2.45. The minimum atomic E-state index is -1.27. The van der Waals surface area contributed by atoms with Gasteiger partial charge in [-0.2, -0.15) is 0 Å². The molecule has 0 spiro atoms. The van der Waals surface area contributed by atoms with Crippen molar-refractivity contribution >= 4 is 35.2 Å². The normalized spacial score (nSPS) is 32.3. The van der Waals surface area contributed by atoms with E-state index in [-0.39, 0.29) is 17.8 Å². The van der Waals surface area contributed by atoms with Gasteiger partial charge in [0.25, 0.3) is 0 Å². The van der Waals surface area contributed by atoms with Gasteiger partial charge >= 0.3 is 5.97 Å². The van der Waals surface area contributed by atoms with Crippen molar-refractivity contribution in [1.82, 2.24) is 5.32 Å². The molecule has 1 amide bonds. The summed E-state index contributed by atoms with van der Waals surface area (Å²) in [6.45, 7) is 0.371. The lowest BCUT2D eigenvalue weighted by Gasteiger charge is -2.25. The Morgan fingerprint density at radius 1 is 1.65 bits per heavy atom. The number of thioether (sulfide) groups is 1. The quantitative estimate of drug-likeness (QED) is 0.803. The van der Waals surface area contributed by atoms with Crippen LogP contribution >= 0.6 is 23.4 Å². The third-order valence-electron chi connectivity index (χ3n) is 2.83. The van der Waals surface area contributed by atoms with E-state index >= 15 is 0 Å². The molecular weight excluding hydrogens is 266 g/mol. The summed E-state index contributed by atoms with van der Waals surface area (Å²) < 4.78 is 5.65. The lowest BCUT2D eigenvalue weighted by molar-refractivity contribution is -0.147. The van der Waals surface area contributed by atoms with Crippen LogP contribution in [0.5, 0.6) is 0 Å². The molecule has 0 aromatic rings. The van der Waals surface area contributed by atoms with Crippen LogP contribution < -0.4 is 5.32 Å². The monoisotopic (exact) mass is 277 g/mol. The molecule has 2 N–H and O–H groups in total. The van der Waals surface area contributed by atoms with Crippen LogP contribution in [0.4, 0.5) is 0 Å². The Hall–Kier alpha value is -0.720. The first-order valence-electron chi connectivity index (χ1n) is 5.19. The molecule has 2 aliphatic rings. The Morgan fingerprint density at radius 3 is 2.88 bits per heavy atom. The topological polar surface area (TPSA) is 75.6 Å². The maximum atomic E-state index is 11.9. The molecule has 1 fully saturated rings. The fourth-order valence-electron chi connectivity index (χ4n) is 1.79. The number of rotatable bonds is 3. The number of halogens is 1. The second-order valence-electron chi connectivity index (χ2n) is 4.03. The van der Waals surface area contributed by atoms with Gasteiger partial charge in [-0.25, -0.2) is 4.79 Å². The fourth-order valence-corrected chi connectivity index (χ4v) is 3.03. The molecule has 2 atom stereocenters. The van der Waals surface area contributed by atoms with Gasteiger partial charge in [-0.1, -0.05) is 17.7 Å². The highest BCUT2D eigenvalue weighted by atomic mass is 35.5. The number of ether oxygens (including phenoxy) is 1. The molecule has 17 heavy (non-hydrogen) atoms. The number of amides is 1. The van der Waals surface area contributed by atoms with Crippen LogP contribution in [-0.2, 0) is 14.3 Å². The van der Waals surface area contributed by atoms with Gasteiger partial charge in [-0.15, -0.1) is 11.8 Å². The van der Waals surface area contributed by atoms with Gasteiger partial charge in [0.05, 0.1) is 16.2 Å². The Labute approximate surface area is 108 Å². The molecule has 2 heterocycles. The van der Waals surface area contributed by atoms with E-state index in [1.807, 2.05) is 0 Å². The lowest BCUT2D eigenvalue weighted by Crippen LogP contribution is -2.56. The van der Waals surface area contributed by atoms with Crippen LogP contribution in [0.1, 0.15) is 12.8 Å². The largest absolute Gasteiger partial charge is 0.479 e. The molecule has 0 aliphatic carbocycles. The molecule has 94 valence electrons. The van der Waals surface area contributed by atoms with Crippen molar-refractivity contribution in [2.75, 3.05) is 13.2 Å². The standard InChI is InChI=1S/C10H12ClNO4S/c11-7-2-1-6(17-7)8(13)12-10(9(14)15)3-4-16-5-10/h2,6H,1,3-5H2,(H,12,13)(H,14,15)/t6?,10-/m0/s1. The van der Waals surface area contributed by atoms with Gasteiger partial charge in [-0.05, 0) is 6.42 Å². The van der Waals surface area contributed by atoms with Crippen molar-refractivity contribution in [2.24, 2.45) is 0 Å². The van der Waals surface area contributed by atoms with Crippen molar-refractivity contribution in [2.45, 2.75) is 23.6 Å². The fraction of sp³-hybridized carbons (Fsp3) is 0.600. The number of nitrogens with one attached hydrogen (secondary N) is 1. The van der Waals surface area contributed by atoms with Crippen LogP contribution in [0.25, 0.3) is 0 Å². The number of carboxylic acids is 1. The van der Waals surface area contributed by atoms with Gasteiger partial charge in [0.2, 0.25) is 5.91 Å². The number of hydrogen-bond donors (Lipinski definition) is 2. The van der Waals surface area contributed by atoms with Gasteiger partial charge in [0, 0.05) is 13.0 Å². The molecule has 0 bridgehead atoms. The molecule has 1 unspecified atom stereocenters. The van der Waals surface area contributed by atoms with Crippen LogP contribution in [0, 0.1) is 0 Å². The number of allylic oxidation sites excluding steroid dienone is 1. The predicted octanol–water partition coefficient (Wildman–Crippen LogP) is 0.932. The van der Waals surface area contributed by atoms with Crippen LogP contribution in [0.2, 0.25) is 0 Å². The zero-order chi connectivity index (χ0) is 12.5. The SMILES string of the molecule is O=C(N[C@@]1(C(=O)O)CCOC1)C1CC=C(Cl)S1. The van der Waals surface area contributed by atoms with E-state index in [1.165, 1.54) is 11.8 Å². The zero-order valence-electron chi connectivity index (χ0n) is 8.94. The molecule has 2 rings (SSSR count). The number of carbonyl (C=O) groups excluding carboxylic acids is 1. The molecule has 5 nitrogen and oxygen atoms in total. The summed E-state index contributed by atoms with van der Waals surface area (Å²) in [6.07, 6.45) is 2.59. The average Bonchev–Trinajstić information content (AvgIpc) is 2.87. The summed E-state index contributed by atoms with van der Waals surface area (Å²) in [7, 11) is 0. The van der Waals surface area contributed by atoms with Crippen LogP contribution in [0.3, 0.4) is 0 Å². The van der Waals surface area contributed by atoms with E-state index in [9.17, 15) is 9.59 Å². The summed E-state index contributed by atoms with van der Waals surface area (Å²) in [4.78, 5) is 23.1. The minimum absolute atomic E-state index is 0.0205. The molecule has 1 saturated heterocycles. The van der Waals surface area contributed by atoms with E-state index in [4.69, 9.17) is 21.4 Å². The summed E-state index contributed by atoms with van der Waals surface area (Å²) >= 11 is 7.02. The van der Waals surface area contributed by atoms with Gasteiger partial charge in [0.15, 0.2) is 5.54 Å². The Balaban J connectivity index is 1.99. The van der Waals surface area contributed by atoms with Crippen molar-refractivity contribution in [3.8, 4) is 0 Å². The van der Waals surface area contributed by atoms with Crippen molar-refractivity contribution in [3.05, 3.63) is 10.4 Å². The van der Waals surface area contributed by atoms with Gasteiger partial charge in [-0.3, -0.25) is 4.79 Å². The van der Waals surface area contributed by atoms with Crippen LogP contribution in [-0.4, -0.2) is 41.0 Å².